The monoisotopic (exact) mass is 268 g/mol. The summed E-state index contributed by atoms with van der Waals surface area (Å²) in [6.07, 6.45) is -0.497. The molecule has 1 atom stereocenters. The van der Waals surface area contributed by atoms with E-state index in [-0.39, 0.29) is 24.1 Å². The van der Waals surface area contributed by atoms with Crippen LogP contribution in [0.5, 0.6) is 0 Å². The zero-order valence-electron chi connectivity index (χ0n) is 11.7. The molecule has 0 aromatic carbocycles. The minimum Gasteiger partial charge on any atom is -0.454 e. The Morgan fingerprint density at radius 2 is 2.11 bits per heavy atom. The van der Waals surface area contributed by atoms with E-state index >= 15 is 0 Å². The highest BCUT2D eigenvalue weighted by atomic mass is 16.5. The molecule has 1 aromatic heterocycles. The van der Waals surface area contributed by atoms with E-state index in [2.05, 4.69) is 5.32 Å². The van der Waals surface area contributed by atoms with Crippen LogP contribution in [0.15, 0.2) is 16.5 Å². The Kier molecular flexibility index (Phi) is 5.57. The molecule has 0 spiro atoms. The van der Waals surface area contributed by atoms with Gasteiger partial charge >= 0.3 is 0 Å². The van der Waals surface area contributed by atoms with Crippen LogP contribution in [0, 0.1) is 0 Å². The van der Waals surface area contributed by atoms with Crippen molar-refractivity contribution in [3.8, 4) is 0 Å². The predicted octanol–water partition coefficient (Wildman–Crippen LogP) is 1.02. The Labute approximate surface area is 112 Å². The molecule has 1 heterocycles. The summed E-state index contributed by atoms with van der Waals surface area (Å²) in [4.78, 5) is 24.6. The predicted molar refractivity (Wildman–Crippen MR) is 69.7 cm³/mol. The van der Waals surface area contributed by atoms with Crippen LogP contribution in [0.25, 0.3) is 0 Å². The third kappa shape index (κ3) is 4.40. The van der Waals surface area contributed by atoms with Crippen molar-refractivity contribution < 1.29 is 18.7 Å². The SMILES string of the molecule is CCOC(C)C(=O)NCc1ccc(C(=O)N(C)C)o1. The number of furan rings is 1. The van der Waals surface area contributed by atoms with Crippen LogP contribution in [-0.2, 0) is 16.1 Å². The van der Waals surface area contributed by atoms with Gasteiger partial charge in [0.1, 0.15) is 11.9 Å². The van der Waals surface area contributed by atoms with Crippen LogP contribution < -0.4 is 5.32 Å². The van der Waals surface area contributed by atoms with E-state index in [1.165, 1.54) is 4.90 Å². The molecule has 0 aliphatic carbocycles. The van der Waals surface area contributed by atoms with Crippen LogP contribution in [0.1, 0.15) is 30.2 Å². The molecule has 1 unspecified atom stereocenters. The van der Waals surface area contributed by atoms with Crippen LogP contribution >= 0.6 is 0 Å². The van der Waals surface area contributed by atoms with E-state index in [1.54, 1.807) is 33.2 Å². The highest BCUT2D eigenvalue weighted by molar-refractivity contribution is 5.91. The van der Waals surface area contributed by atoms with Crippen molar-refractivity contribution in [1.82, 2.24) is 10.2 Å². The molecule has 0 bridgehead atoms. The zero-order valence-corrected chi connectivity index (χ0v) is 11.7. The molecule has 6 nitrogen and oxygen atoms in total. The quantitative estimate of drug-likeness (QED) is 0.836. The highest BCUT2D eigenvalue weighted by Gasteiger charge is 2.15. The lowest BCUT2D eigenvalue weighted by molar-refractivity contribution is -0.131. The van der Waals surface area contributed by atoms with Crippen LogP contribution in [-0.4, -0.2) is 43.5 Å². The molecule has 0 saturated heterocycles. The minimum absolute atomic E-state index is 0.208. The molecule has 0 radical (unpaired) electrons. The first-order valence-corrected chi connectivity index (χ1v) is 6.15. The number of nitrogens with one attached hydrogen (secondary N) is 1. The van der Waals surface area contributed by atoms with Gasteiger partial charge in [-0.15, -0.1) is 0 Å². The fraction of sp³-hybridized carbons (Fsp3) is 0.538. The second-order valence-electron chi connectivity index (χ2n) is 4.28. The largest absolute Gasteiger partial charge is 0.454 e. The fourth-order valence-electron chi connectivity index (χ4n) is 1.45. The maximum absolute atomic E-state index is 11.6. The maximum atomic E-state index is 11.6. The van der Waals surface area contributed by atoms with E-state index in [4.69, 9.17) is 9.15 Å². The standard InChI is InChI=1S/C13H20N2O4/c1-5-18-9(2)12(16)14-8-10-6-7-11(19-10)13(17)15(3)4/h6-7,9H,5,8H2,1-4H3,(H,14,16). The molecule has 0 aliphatic rings. The van der Waals surface area contributed by atoms with Crippen LogP contribution in [0.4, 0.5) is 0 Å². The first-order valence-electron chi connectivity index (χ1n) is 6.15. The minimum atomic E-state index is -0.497. The molecule has 1 rings (SSSR count). The number of hydrogen-bond donors (Lipinski definition) is 1. The third-order valence-corrected chi connectivity index (χ3v) is 2.50. The summed E-state index contributed by atoms with van der Waals surface area (Å²) in [5.41, 5.74) is 0. The van der Waals surface area contributed by atoms with E-state index in [0.29, 0.717) is 12.4 Å². The van der Waals surface area contributed by atoms with Crippen LogP contribution in [0.3, 0.4) is 0 Å². The number of hydrogen-bond acceptors (Lipinski definition) is 4. The topological polar surface area (TPSA) is 71.8 Å². The molecule has 0 saturated carbocycles. The van der Waals surface area contributed by atoms with Crippen molar-refractivity contribution in [3.63, 3.8) is 0 Å². The van der Waals surface area contributed by atoms with Gasteiger partial charge in [-0.05, 0) is 26.0 Å². The van der Waals surface area contributed by atoms with E-state index in [1.807, 2.05) is 6.92 Å². The normalized spacial score (nSPS) is 12.0. The van der Waals surface area contributed by atoms with Gasteiger partial charge in [0.2, 0.25) is 5.91 Å². The summed E-state index contributed by atoms with van der Waals surface area (Å²) in [5.74, 6) is 0.369. The van der Waals surface area contributed by atoms with E-state index in [9.17, 15) is 9.59 Å². The van der Waals surface area contributed by atoms with Gasteiger partial charge < -0.3 is 19.4 Å². The summed E-state index contributed by atoms with van der Waals surface area (Å²) in [5, 5.41) is 2.68. The first-order chi connectivity index (χ1) is 8.95. The molecule has 19 heavy (non-hydrogen) atoms. The molecule has 6 heteroatoms. The molecular formula is C13H20N2O4. The van der Waals surface area contributed by atoms with E-state index < -0.39 is 6.10 Å². The van der Waals surface area contributed by atoms with E-state index in [0.717, 1.165) is 0 Å². The average molecular weight is 268 g/mol. The van der Waals surface area contributed by atoms with Crippen molar-refractivity contribution in [2.75, 3.05) is 20.7 Å². The second-order valence-corrected chi connectivity index (χ2v) is 4.28. The van der Waals surface area contributed by atoms with Crippen molar-refractivity contribution in [3.05, 3.63) is 23.7 Å². The number of carbonyl (C=O) groups is 2. The Balaban J connectivity index is 2.51. The van der Waals surface area contributed by atoms with Gasteiger partial charge in [0.05, 0.1) is 6.54 Å². The molecule has 0 aliphatic heterocycles. The third-order valence-electron chi connectivity index (χ3n) is 2.50. The Morgan fingerprint density at radius 3 is 2.68 bits per heavy atom. The zero-order chi connectivity index (χ0) is 14.4. The van der Waals surface area contributed by atoms with Gasteiger partial charge in [-0.25, -0.2) is 0 Å². The Morgan fingerprint density at radius 1 is 1.42 bits per heavy atom. The number of nitrogens with zero attached hydrogens (tertiary/aromatic N) is 1. The molecule has 0 fully saturated rings. The molecule has 106 valence electrons. The number of carbonyl (C=O) groups excluding carboxylic acids is 2. The van der Waals surface area contributed by atoms with Crippen LogP contribution in [0.2, 0.25) is 0 Å². The van der Waals surface area contributed by atoms with Crippen molar-refractivity contribution in [1.29, 1.82) is 0 Å². The molecule has 1 aromatic rings. The lowest BCUT2D eigenvalue weighted by Crippen LogP contribution is -2.33. The average Bonchev–Trinajstić information content (AvgIpc) is 2.83. The van der Waals surface area contributed by atoms with Gasteiger partial charge in [0.15, 0.2) is 5.76 Å². The summed E-state index contributed by atoms with van der Waals surface area (Å²) in [6, 6.07) is 3.26. The maximum Gasteiger partial charge on any atom is 0.289 e. The number of ether oxygens (including phenoxy) is 1. The molecule has 1 N–H and O–H groups in total. The fourth-order valence-corrected chi connectivity index (χ4v) is 1.45. The summed E-state index contributed by atoms with van der Waals surface area (Å²) in [7, 11) is 3.30. The van der Waals surface area contributed by atoms with Crippen molar-refractivity contribution in [2.24, 2.45) is 0 Å². The highest BCUT2D eigenvalue weighted by Crippen LogP contribution is 2.09. The van der Waals surface area contributed by atoms with Gasteiger partial charge in [-0.1, -0.05) is 0 Å². The van der Waals surface area contributed by atoms with Gasteiger partial charge in [0.25, 0.3) is 5.91 Å². The van der Waals surface area contributed by atoms with Gasteiger partial charge in [-0.3, -0.25) is 9.59 Å². The Hall–Kier alpha value is -1.82. The van der Waals surface area contributed by atoms with Gasteiger partial charge in [-0.2, -0.15) is 0 Å². The second kappa shape index (κ2) is 6.94. The first kappa shape index (κ1) is 15.2. The summed E-state index contributed by atoms with van der Waals surface area (Å²) in [6.45, 7) is 4.23. The number of amides is 2. The number of rotatable bonds is 6. The van der Waals surface area contributed by atoms with Gasteiger partial charge in [0, 0.05) is 20.7 Å². The molecule has 2 amide bonds. The Bertz CT molecular complexity index is 440. The van der Waals surface area contributed by atoms with Crippen molar-refractivity contribution in [2.45, 2.75) is 26.5 Å². The smallest absolute Gasteiger partial charge is 0.289 e. The van der Waals surface area contributed by atoms with Crippen molar-refractivity contribution >= 4 is 11.8 Å². The molecular weight excluding hydrogens is 248 g/mol. The summed E-state index contributed by atoms with van der Waals surface area (Å²) >= 11 is 0. The lowest BCUT2D eigenvalue weighted by atomic mass is 10.3. The lowest BCUT2D eigenvalue weighted by Gasteiger charge is -2.11. The summed E-state index contributed by atoms with van der Waals surface area (Å²) < 4.78 is 10.5.